The number of para-hydroxylation sites is 3. The maximum absolute atomic E-state index is 2.54. The molecule has 11 aromatic rings. The number of hydrogen-bond acceptors (Lipinski definition) is 0. The molecule has 0 aliphatic heterocycles. The van der Waals surface area contributed by atoms with Crippen molar-refractivity contribution in [2.24, 2.45) is 0 Å². The van der Waals surface area contributed by atoms with Crippen molar-refractivity contribution in [1.82, 2.24) is 9.13 Å². The minimum absolute atomic E-state index is 0.117. The molecule has 0 amide bonds. The van der Waals surface area contributed by atoms with Gasteiger partial charge in [0.25, 0.3) is 0 Å². The quantitative estimate of drug-likeness (QED) is 0.169. The standard InChI is InChI=1S/C58H40N2/c1-58(2)50-24-12-8-19-42(50)43-31-29-39(35-51(43)58)59-52-25-13-11-22-46(52)49-33-38(34-55(57(49)59)60-53-26-14-9-20-44(53)45-21-10-15-27-54(45)60)37-28-30-41-40-18-6-7-23-47(40)56(48(41)32-37)36-16-4-3-5-17-36/h3-35,56H,1-2H3. The van der Waals surface area contributed by atoms with Crippen molar-refractivity contribution >= 4 is 43.6 Å². The maximum atomic E-state index is 2.54. The molecule has 0 fully saturated rings. The summed E-state index contributed by atoms with van der Waals surface area (Å²) in [6.45, 7) is 4.75. The molecule has 1 unspecified atom stereocenters. The van der Waals surface area contributed by atoms with Gasteiger partial charge in [-0.2, -0.15) is 0 Å². The third-order valence-electron chi connectivity index (χ3n) is 13.8. The van der Waals surface area contributed by atoms with Crippen molar-refractivity contribution in [1.29, 1.82) is 0 Å². The lowest BCUT2D eigenvalue weighted by Gasteiger charge is -2.22. The molecule has 0 bridgehead atoms. The number of benzene rings is 9. The minimum atomic E-state index is -0.117. The summed E-state index contributed by atoms with van der Waals surface area (Å²) in [6.07, 6.45) is 0. The lowest BCUT2D eigenvalue weighted by molar-refractivity contribution is 0.660. The first-order valence-electron chi connectivity index (χ1n) is 21.1. The summed E-state index contributed by atoms with van der Waals surface area (Å²) in [5.74, 6) is 0.176. The maximum Gasteiger partial charge on any atom is 0.0782 e. The van der Waals surface area contributed by atoms with Gasteiger partial charge in [0.2, 0.25) is 0 Å². The molecular weight excluding hydrogens is 725 g/mol. The molecule has 0 radical (unpaired) electrons. The molecule has 9 aromatic carbocycles. The van der Waals surface area contributed by atoms with Crippen LogP contribution in [0.3, 0.4) is 0 Å². The molecule has 2 nitrogen and oxygen atoms in total. The molecule has 1 atom stereocenters. The van der Waals surface area contributed by atoms with Gasteiger partial charge < -0.3 is 9.13 Å². The fraction of sp³-hybridized carbons (Fsp3) is 0.0690. The van der Waals surface area contributed by atoms with Gasteiger partial charge in [-0.1, -0.05) is 166 Å². The average molecular weight is 765 g/mol. The zero-order valence-electron chi connectivity index (χ0n) is 33.5. The second kappa shape index (κ2) is 12.3. The molecule has 2 aliphatic rings. The highest BCUT2D eigenvalue weighted by atomic mass is 15.1. The van der Waals surface area contributed by atoms with Crippen molar-refractivity contribution in [3.8, 4) is 44.8 Å². The van der Waals surface area contributed by atoms with Crippen LogP contribution in [0.25, 0.3) is 88.4 Å². The van der Waals surface area contributed by atoms with Crippen LogP contribution < -0.4 is 0 Å². The van der Waals surface area contributed by atoms with Crippen molar-refractivity contribution in [2.75, 3.05) is 0 Å². The summed E-state index contributed by atoms with van der Waals surface area (Å²) in [5, 5.41) is 5.00. The Morgan fingerprint density at radius 2 is 0.950 bits per heavy atom. The zero-order valence-corrected chi connectivity index (χ0v) is 33.5. The van der Waals surface area contributed by atoms with Crippen molar-refractivity contribution in [3.05, 3.63) is 228 Å². The number of nitrogens with zero attached hydrogens (tertiary/aromatic N) is 2. The number of rotatable bonds is 4. The van der Waals surface area contributed by atoms with E-state index in [0.29, 0.717) is 0 Å². The van der Waals surface area contributed by atoms with Crippen LogP contribution in [0.4, 0.5) is 0 Å². The van der Waals surface area contributed by atoms with Crippen LogP contribution in [0.5, 0.6) is 0 Å². The van der Waals surface area contributed by atoms with Crippen molar-refractivity contribution < 1.29 is 0 Å². The molecule has 13 rings (SSSR count). The molecule has 2 heterocycles. The van der Waals surface area contributed by atoms with Gasteiger partial charge in [0.15, 0.2) is 0 Å². The number of fused-ring (bicyclic) bond motifs is 12. The Morgan fingerprint density at radius 1 is 0.383 bits per heavy atom. The van der Waals surface area contributed by atoms with Gasteiger partial charge in [-0.05, 0) is 110 Å². The third kappa shape index (κ3) is 4.53. The Balaban J connectivity index is 1.12. The molecule has 0 N–H and O–H groups in total. The van der Waals surface area contributed by atoms with Crippen LogP contribution in [0.15, 0.2) is 200 Å². The molecule has 0 saturated carbocycles. The van der Waals surface area contributed by atoms with Gasteiger partial charge in [0.05, 0.1) is 27.8 Å². The SMILES string of the molecule is CC1(C)c2ccccc2-c2ccc(-n3c4ccccc4c4cc(-c5ccc6c(c5)C(c5ccccc5)c5ccccc5-6)cc(-n5c6ccccc6c6ccccc65)c43)cc21. The van der Waals surface area contributed by atoms with E-state index in [-0.39, 0.29) is 11.3 Å². The van der Waals surface area contributed by atoms with Crippen LogP contribution in [-0.4, -0.2) is 9.13 Å². The van der Waals surface area contributed by atoms with Crippen LogP contribution in [0.2, 0.25) is 0 Å². The van der Waals surface area contributed by atoms with Crippen molar-refractivity contribution in [3.63, 3.8) is 0 Å². The van der Waals surface area contributed by atoms with Gasteiger partial charge in [-0.15, -0.1) is 0 Å². The van der Waals surface area contributed by atoms with E-state index in [0.717, 1.165) is 0 Å². The van der Waals surface area contributed by atoms with E-state index in [2.05, 4.69) is 223 Å². The third-order valence-corrected chi connectivity index (χ3v) is 13.8. The monoisotopic (exact) mass is 764 g/mol. The topological polar surface area (TPSA) is 9.86 Å². The molecule has 60 heavy (non-hydrogen) atoms. The van der Waals surface area contributed by atoms with Gasteiger partial charge in [-0.3, -0.25) is 0 Å². The number of aromatic nitrogens is 2. The summed E-state index contributed by atoms with van der Waals surface area (Å²) < 4.78 is 5.06. The van der Waals surface area contributed by atoms with E-state index in [4.69, 9.17) is 0 Å². The Kier molecular flexibility index (Phi) is 6.88. The lowest BCUT2D eigenvalue weighted by Crippen LogP contribution is -2.15. The van der Waals surface area contributed by atoms with Crippen molar-refractivity contribution in [2.45, 2.75) is 25.2 Å². The fourth-order valence-electron chi connectivity index (χ4n) is 11.1. The van der Waals surface area contributed by atoms with E-state index in [1.807, 2.05) is 0 Å². The number of hydrogen-bond donors (Lipinski definition) is 0. The Hall–Kier alpha value is -7.42. The smallest absolute Gasteiger partial charge is 0.0782 e. The van der Waals surface area contributed by atoms with Gasteiger partial charge in [0, 0.05) is 38.6 Å². The fourth-order valence-corrected chi connectivity index (χ4v) is 11.1. The lowest BCUT2D eigenvalue weighted by atomic mass is 9.82. The van der Waals surface area contributed by atoms with E-state index in [1.165, 1.54) is 116 Å². The summed E-state index contributed by atoms with van der Waals surface area (Å²) in [4.78, 5) is 0. The second-order valence-corrected chi connectivity index (χ2v) is 17.2. The first kappa shape index (κ1) is 33.5. The van der Waals surface area contributed by atoms with E-state index >= 15 is 0 Å². The highest BCUT2D eigenvalue weighted by Gasteiger charge is 2.36. The largest absolute Gasteiger partial charge is 0.307 e. The minimum Gasteiger partial charge on any atom is -0.307 e. The zero-order chi connectivity index (χ0) is 39.7. The predicted octanol–water partition coefficient (Wildman–Crippen LogP) is 15.0. The molecule has 2 aliphatic carbocycles. The van der Waals surface area contributed by atoms with Gasteiger partial charge in [0.1, 0.15) is 0 Å². The Labute approximate surface area is 349 Å². The van der Waals surface area contributed by atoms with E-state index in [9.17, 15) is 0 Å². The Morgan fingerprint density at radius 3 is 1.70 bits per heavy atom. The molecule has 2 aromatic heterocycles. The van der Waals surface area contributed by atoms with Crippen LogP contribution >= 0.6 is 0 Å². The summed E-state index contributed by atoms with van der Waals surface area (Å²) in [7, 11) is 0. The molecule has 282 valence electrons. The van der Waals surface area contributed by atoms with E-state index in [1.54, 1.807) is 0 Å². The molecule has 2 heteroatoms. The predicted molar refractivity (Wildman–Crippen MR) is 251 cm³/mol. The summed E-state index contributed by atoms with van der Waals surface area (Å²) in [6, 6.07) is 75.0. The Bertz CT molecular complexity index is 3520. The highest BCUT2D eigenvalue weighted by Crippen LogP contribution is 2.52. The average Bonchev–Trinajstić information content (AvgIpc) is 4.00. The van der Waals surface area contributed by atoms with Gasteiger partial charge in [-0.25, -0.2) is 0 Å². The highest BCUT2D eigenvalue weighted by molar-refractivity contribution is 6.16. The summed E-state index contributed by atoms with van der Waals surface area (Å²) in [5.41, 5.74) is 21.6. The van der Waals surface area contributed by atoms with E-state index < -0.39 is 0 Å². The first-order chi connectivity index (χ1) is 29.5. The van der Waals surface area contributed by atoms with Gasteiger partial charge >= 0.3 is 0 Å². The van der Waals surface area contributed by atoms with Crippen LogP contribution in [0.1, 0.15) is 47.6 Å². The first-order valence-corrected chi connectivity index (χ1v) is 21.1. The molecular formula is C58H40N2. The van der Waals surface area contributed by atoms with Crippen LogP contribution in [0, 0.1) is 0 Å². The normalized spacial score (nSPS) is 14.8. The molecule has 0 spiro atoms. The summed E-state index contributed by atoms with van der Waals surface area (Å²) >= 11 is 0. The second-order valence-electron chi connectivity index (χ2n) is 17.2. The van der Waals surface area contributed by atoms with Crippen LogP contribution in [-0.2, 0) is 5.41 Å². The molecule has 0 saturated heterocycles.